The van der Waals surface area contributed by atoms with Crippen LogP contribution in [0, 0.1) is 0 Å². The summed E-state index contributed by atoms with van der Waals surface area (Å²) >= 11 is 0. The van der Waals surface area contributed by atoms with Crippen molar-refractivity contribution in [3.63, 3.8) is 0 Å². The normalized spacial score (nSPS) is 12.8. The van der Waals surface area contributed by atoms with E-state index in [4.69, 9.17) is 9.47 Å². The van der Waals surface area contributed by atoms with Crippen molar-refractivity contribution in [2.45, 2.75) is 58.7 Å². The second kappa shape index (κ2) is 13.9. The van der Waals surface area contributed by atoms with Gasteiger partial charge in [0.2, 0.25) is 21.8 Å². The Kier molecular flexibility index (Phi) is 11.2. The van der Waals surface area contributed by atoms with Crippen LogP contribution in [-0.2, 0) is 26.2 Å². The monoisotopic (exact) mass is 533 g/mol. The Morgan fingerprint density at radius 1 is 1.00 bits per heavy atom. The molecule has 0 aliphatic rings. The highest BCUT2D eigenvalue weighted by atomic mass is 32.2. The fourth-order valence-corrected chi connectivity index (χ4v) is 4.70. The Bertz CT molecular complexity index is 1140. The summed E-state index contributed by atoms with van der Waals surface area (Å²) in [7, 11) is -0.492. The van der Waals surface area contributed by atoms with Crippen LogP contribution >= 0.6 is 0 Å². The van der Waals surface area contributed by atoms with Crippen LogP contribution in [0.25, 0.3) is 0 Å². The van der Waals surface area contributed by atoms with E-state index in [1.165, 1.54) is 16.3 Å². The minimum Gasteiger partial charge on any atom is -0.497 e. The van der Waals surface area contributed by atoms with Gasteiger partial charge in [-0.3, -0.25) is 13.9 Å². The topological polar surface area (TPSA) is 105 Å². The van der Waals surface area contributed by atoms with Crippen molar-refractivity contribution in [1.82, 2.24) is 10.2 Å². The van der Waals surface area contributed by atoms with Crippen molar-refractivity contribution < 1.29 is 27.5 Å². The van der Waals surface area contributed by atoms with Crippen molar-refractivity contribution in [1.29, 1.82) is 0 Å². The molecule has 0 spiro atoms. The molecule has 0 fully saturated rings. The average Bonchev–Trinajstić information content (AvgIpc) is 2.88. The van der Waals surface area contributed by atoms with Gasteiger partial charge in [0.05, 0.1) is 26.2 Å². The predicted molar refractivity (Wildman–Crippen MR) is 145 cm³/mol. The van der Waals surface area contributed by atoms with E-state index in [0.29, 0.717) is 17.2 Å². The number of nitrogens with zero attached hydrogens (tertiary/aromatic N) is 2. The first-order valence-corrected chi connectivity index (χ1v) is 14.2. The molecule has 0 heterocycles. The molecule has 0 aromatic heterocycles. The Morgan fingerprint density at radius 3 is 2.22 bits per heavy atom. The standard InChI is InChI=1S/C27H39N3O6S/c1-7-20(2)28-27(32)21(3)29(19-22-13-15-24(35-4)16-14-22)26(31)12-9-17-30(37(6,33)34)23-10-8-11-25(18-23)36-5/h8,10-11,13-16,18,20-21H,7,9,12,17,19H2,1-6H3,(H,28,32). The van der Waals surface area contributed by atoms with Crippen molar-refractivity contribution >= 4 is 27.5 Å². The molecule has 0 radical (unpaired) electrons. The molecule has 10 heteroatoms. The van der Waals surface area contributed by atoms with E-state index in [-0.39, 0.29) is 43.8 Å². The molecule has 0 bridgehead atoms. The first-order chi connectivity index (χ1) is 17.5. The summed E-state index contributed by atoms with van der Waals surface area (Å²) in [6, 6.07) is 13.4. The first kappa shape index (κ1) is 30.0. The summed E-state index contributed by atoms with van der Waals surface area (Å²) in [5.41, 5.74) is 1.32. The third kappa shape index (κ3) is 8.96. The highest BCUT2D eigenvalue weighted by Crippen LogP contribution is 2.24. The largest absolute Gasteiger partial charge is 0.497 e. The number of carbonyl (C=O) groups excluding carboxylic acids is 2. The molecule has 1 N–H and O–H groups in total. The number of carbonyl (C=O) groups is 2. The maximum absolute atomic E-state index is 13.4. The molecule has 2 aromatic rings. The van der Waals surface area contributed by atoms with E-state index in [9.17, 15) is 18.0 Å². The van der Waals surface area contributed by atoms with Crippen LogP contribution in [0.5, 0.6) is 11.5 Å². The molecule has 9 nitrogen and oxygen atoms in total. The number of benzene rings is 2. The van der Waals surface area contributed by atoms with Crippen LogP contribution in [0.1, 0.15) is 45.6 Å². The molecule has 2 aromatic carbocycles. The zero-order valence-electron chi connectivity index (χ0n) is 22.6. The lowest BCUT2D eigenvalue weighted by Gasteiger charge is -2.30. The summed E-state index contributed by atoms with van der Waals surface area (Å²) in [5, 5.41) is 2.94. The quantitative estimate of drug-likeness (QED) is 0.398. The number of nitrogens with one attached hydrogen (secondary N) is 1. The van der Waals surface area contributed by atoms with Gasteiger partial charge in [0.1, 0.15) is 17.5 Å². The van der Waals surface area contributed by atoms with Crippen molar-refractivity contribution in [3.8, 4) is 11.5 Å². The zero-order chi connectivity index (χ0) is 27.6. The highest BCUT2D eigenvalue weighted by Gasteiger charge is 2.27. The van der Waals surface area contributed by atoms with Gasteiger partial charge in [-0.2, -0.15) is 0 Å². The van der Waals surface area contributed by atoms with Gasteiger partial charge in [0, 0.05) is 31.6 Å². The molecule has 0 saturated heterocycles. The second-order valence-electron chi connectivity index (χ2n) is 9.00. The Morgan fingerprint density at radius 2 is 1.65 bits per heavy atom. The summed E-state index contributed by atoms with van der Waals surface area (Å²) in [6.07, 6.45) is 2.26. The van der Waals surface area contributed by atoms with E-state index >= 15 is 0 Å². The first-order valence-electron chi connectivity index (χ1n) is 12.3. The number of amides is 2. The second-order valence-corrected chi connectivity index (χ2v) is 10.9. The fraction of sp³-hybridized carbons (Fsp3) is 0.481. The van der Waals surface area contributed by atoms with E-state index < -0.39 is 16.1 Å². The maximum atomic E-state index is 13.4. The van der Waals surface area contributed by atoms with Crippen LogP contribution in [0.3, 0.4) is 0 Å². The number of methoxy groups -OCH3 is 2. The molecule has 0 saturated carbocycles. The molecule has 0 aliphatic carbocycles. The molecule has 2 unspecified atom stereocenters. The van der Waals surface area contributed by atoms with Crippen molar-refractivity contribution in [2.75, 3.05) is 31.3 Å². The summed E-state index contributed by atoms with van der Waals surface area (Å²) in [4.78, 5) is 27.8. The third-order valence-corrected chi connectivity index (χ3v) is 7.37. The van der Waals surface area contributed by atoms with E-state index in [2.05, 4.69) is 5.32 Å². The van der Waals surface area contributed by atoms with Gasteiger partial charge < -0.3 is 19.7 Å². The summed E-state index contributed by atoms with van der Waals surface area (Å²) < 4.78 is 36.7. The zero-order valence-corrected chi connectivity index (χ0v) is 23.4. The molecule has 2 rings (SSSR count). The Balaban J connectivity index is 2.19. The van der Waals surface area contributed by atoms with Gasteiger partial charge in [0.25, 0.3) is 0 Å². The number of ether oxygens (including phenoxy) is 2. The van der Waals surface area contributed by atoms with Crippen LogP contribution in [0.15, 0.2) is 48.5 Å². The number of hydrogen-bond acceptors (Lipinski definition) is 6. The van der Waals surface area contributed by atoms with Gasteiger partial charge >= 0.3 is 0 Å². The summed E-state index contributed by atoms with van der Waals surface area (Å²) in [5.74, 6) is 0.767. The van der Waals surface area contributed by atoms with Crippen molar-refractivity contribution in [3.05, 3.63) is 54.1 Å². The minimum absolute atomic E-state index is 0.0147. The van der Waals surface area contributed by atoms with Crippen LogP contribution in [0.2, 0.25) is 0 Å². The van der Waals surface area contributed by atoms with Gasteiger partial charge in [-0.25, -0.2) is 8.42 Å². The number of hydrogen-bond donors (Lipinski definition) is 1. The molecular formula is C27H39N3O6S. The molecule has 0 aliphatic heterocycles. The Hall–Kier alpha value is -3.27. The number of anilines is 1. The van der Waals surface area contributed by atoms with Crippen LogP contribution < -0.4 is 19.1 Å². The van der Waals surface area contributed by atoms with Crippen LogP contribution in [-0.4, -0.2) is 64.2 Å². The van der Waals surface area contributed by atoms with Gasteiger partial charge in [0.15, 0.2) is 0 Å². The van der Waals surface area contributed by atoms with Gasteiger partial charge in [-0.05, 0) is 56.5 Å². The number of sulfonamides is 1. The van der Waals surface area contributed by atoms with Gasteiger partial charge in [-0.15, -0.1) is 0 Å². The third-order valence-electron chi connectivity index (χ3n) is 6.17. The lowest BCUT2D eigenvalue weighted by Crippen LogP contribution is -2.49. The van der Waals surface area contributed by atoms with Gasteiger partial charge in [-0.1, -0.05) is 25.1 Å². The van der Waals surface area contributed by atoms with E-state index in [1.54, 1.807) is 50.4 Å². The lowest BCUT2D eigenvalue weighted by atomic mass is 10.1. The van der Waals surface area contributed by atoms with E-state index in [1.807, 2.05) is 26.0 Å². The molecule has 37 heavy (non-hydrogen) atoms. The Labute approximate surface area is 220 Å². The smallest absolute Gasteiger partial charge is 0.242 e. The molecule has 2 atom stereocenters. The molecule has 2 amide bonds. The molecular weight excluding hydrogens is 494 g/mol. The average molecular weight is 534 g/mol. The minimum atomic E-state index is -3.59. The molecule has 204 valence electrons. The lowest BCUT2D eigenvalue weighted by molar-refractivity contribution is -0.140. The maximum Gasteiger partial charge on any atom is 0.242 e. The number of rotatable bonds is 14. The fourth-order valence-electron chi connectivity index (χ4n) is 3.75. The van der Waals surface area contributed by atoms with Crippen LogP contribution in [0.4, 0.5) is 5.69 Å². The van der Waals surface area contributed by atoms with Crippen molar-refractivity contribution in [2.24, 2.45) is 0 Å². The van der Waals surface area contributed by atoms with E-state index in [0.717, 1.165) is 18.2 Å². The summed E-state index contributed by atoms with van der Waals surface area (Å²) in [6.45, 7) is 5.95. The highest BCUT2D eigenvalue weighted by molar-refractivity contribution is 7.92. The predicted octanol–water partition coefficient (Wildman–Crippen LogP) is 3.58. The SMILES string of the molecule is CCC(C)NC(=O)C(C)N(Cc1ccc(OC)cc1)C(=O)CCCN(c1cccc(OC)c1)S(C)(=O)=O.